The minimum atomic E-state index is -1.40. The molecule has 3 atom stereocenters. The summed E-state index contributed by atoms with van der Waals surface area (Å²) in [6.45, 7) is -0.373. The highest BCUT2D eigenvalue weighted by atomic mass is 32.2. The van der Waals surface area contributed by atoms with E-state index < -0.39 is 52.8 Å². The van der Waals surface area contributed by atoms with Gasteiger partial charge in [0.2, 0.25) is 11.4 Å². The topological polar surface area (TPSA) is 231 Å². The number of rotatable bonds is 9. The monoisotopic (exact) mass is 498 g/mol. The Morgan fingerprint density at radius 1 is 1.45 bits per heavy atom. The molecule has 4 N–H and O–H groups in total. The summed E-state index contributed by atoms with van der Waals surface area (Å²) < 4.78 is 5.28. The van der Waals surface area contributed by atoms with Gasteiger partial charge in [-0.3, -0.25) is 19.3 Å². The van der Waals surface area contributed by atoms with Crippen LogP contribution in [0.5, 0.6) is 5.95 Å². The molecule has 4 rings (SSSR count). The average Bonchev–Trinajstić information content (AvgIpc) is 3.41. The zero-order valence-corrected chi connectivity index (χ0v) is 17.9. The SMILES string of the molecule is O=C(O)CC(Sc1nnn[nH]1)C1=C(C(=O)O)N2C(=O)C(NC(=O)C[n+]3cc([O-])on3)[C@@H]2SC1. The number of carbonyl (C=O) groups excluding carboxylic acids is 2. The lowest BCUT2D eigenvalue weighted by molar-refractivity contribution is -0.751. The van der Waals surface area contributed by atoms with Crippen LogP contribution in [0, 0.1) is 0 Å². The Bertz CT molecular complexity index is 1130. The van der Waals surface area contributed by atoms with Crippen molar-refractivity contribution < 1.29 is 43.7 Å². The Kier molecular flexibility index (Phi) is 6.18. The lowest BCUT2D eigenvalue weighted by atomic mass is 10.0. The van der Waals surface area contributed by atoms with Crippen molar-refractivity contribution in [2.45, 2.75) is 34.8 Å². The van der Waals surface area contributed by atoms with E-state index >= 15 is 0 Å². The standard InChI is InChI=1S/C15H14N8O8S2/c24-7(2-22-3-9(27)31-21-22)16-10-12(28)23-11(14(29)30)5(4-32-13(10)23)6(1-8(25)26)33-15-17-19-20-18-15/h3,6,10,13H,1-2,4H2,(H4-,16,17,18,19,20,21,24,25,26,27,29,30)/t6?,10?,13-/m0/s1. The summed E-state index contributed by atoms with van der Waals surface area (Å²) in [6.07, 6.45) is 0.535. The van der Waals surface area contributed by atoms with Gasteiger partial charge in [0, 0.05) is 11.0 Å². The predicted octanol–water partition coefficient (Wildman–Crippen LogP) is -3.08. The predicted molar refractivity (Wildman–Crippen MR) is 102 cm³/mol. The van der Waals surface area contributed by atoms with Crippen LogP contribution in [0.3, 0.4) is 0 Å². The van der Waals surface area contributed by atoms with Gasteiger partial charge in [-0.15, -0.1) is 16.9 Å². The highest BCUT2D eigenvalue weighted by Crippen LogP contribution is 2.44. The number of hydrogen-bond donors (Lipinski definition) is 4. The summed E-state index contributed by atoms with van der Waals surface area (Å²) in [4.78, 5) is 49.5. The first-order valence-electron chi connectivity index (χ1n) is 9.10. The number of hydrogen-bond acceptors (Lipinski definition) is 12. The van der Waals surface area contributed by atoms with Crippen LogP contribution in [0.4, 0.5) is 0 Å². The number of nitrogens with one attached hydrogen (secondary N) is 2. The summed E-state index contributed by atoms with van der Waals surface area (Å²) in [6, 6.07) is -0.998. The molecule has 2 aromatic heterocycles. The minimum Gasteiger partial charge on any atom is -0.539 e. The van der Waals surface area contributed by atoms with Crippen LogP contribution in [-0.4, -0.2) is 87.2 Å². The minimum absolute atomic E-state index is 0.104. The van der Waals surface area contributed by atoms with Crippen molar-refractivity contribution in [3.05, 3.63) is 17.5 Å². The molecule has 16 nitrogen and oxygen atoms in total. The molecule has 33 heavy (non-hydrogen) atoms. The van der Waals surface area contributed by atoms with Gasteiger partial charge in [-0.25, -0.2) is 9.89 Å². The number of H-pyrrole nitrogens is 1. The van der Waals surface area contributed by atoms with Gasteiger partial charge in [-0.05, 0) is 16.0 Å². The molecule has 2 aromatic rings. The maximum absolute atomic E-state index is 12.8. The highest BCUT2D eigenvalue weighted by molar-refractivity contribution is 8.01. The lowest BCUT2D eigenvalue weighted by Crippen LogP contribution is -2.71. The Hall–Kier alpha value is -3.67. The zero-order chi connectivity index (χ0) is 23.7. The number of carboxylic acids is 2. The number of β-lactam (4-membered cyclic amide) rings is 1. The molecule has 2 aliphatic heterocycles. The van der Waals surface area contributed by atoms with E-state index in [4.69, 9.17) is 0 Å². The van der Waals surface area contributed by atoms with Gasteiger partial charge in [-0.1, -0.05) is 16.4 Å². The normalized spacial score (nSPS) is 20.7. The van der Waals surface area contributed by atoms with E-state index in [-0.39, 0.29) is 28.7 Å². The van der Waals surface area contributed by atoms with Crippen molar-refractivity contribution in [2.75, 3.05) is 5.75 Å². The summed E-state index contributed by atoms with van der Waals surface area (Å²) in [5, 5.41) is 47.6. The number of tetrazole rings is 1. The molecule has 0 aromatic carbocycles. The first kappa shape index (κ1) is 22.5. The maximum Gasteiger partial charge on any atom is 0.352 e. The van der Waals surface area contributed by atoms with Crippen LogP contribution < -0.4 is 15.1 Å². The smallest absolute Gasteiger partial charge is 0.352 e. The Balaban J connectivity index is 1.53. The molecule has 4 heterocycles. The number of carboxylic acid groups (broad SMARTS) is 2. The van der Waals surface area contributed by atoms with Gasteiger partial charge in [0.05, 0.1) is 11.7 Å². The van der Waals surface area contributed by atoms with Crippen LogP contribution >= 0.6 is 23.5 Å². The summed E-state index contributed by atoms with van der Waals surface area (Å²) in [5.41, 5.74) is -0.103. The van der Waals surface area contributed by atoms with Crippen molar-refractivity contribution in [1.29, 1.82) is 0 Å². The molecule has 174 valence electrons. The van der Waals surface area contributed by atoms with Crippen molar-refractivity contribution in [1.82, 2.24) is 36.1 Å². The Morgan fingerprint density at radius 2 is 2.24 bits per heavy atom. The first-order chi connectivity index (χ1) is 15.7. The van der Waals surface area contributed by atoms with Crippen LogP contribution in [0.25, 0.3) is 0 Å². The van der Waals surface area contributed by atoms with Crippen molar-refractivity contribution >= 4 is 47.3 Å². The largest absolute Gasteiger partial charge is 0.539 e. The first-order valence-corrected chi connectivity index (χ1v) is 11.0. The van der Waals surface area contributed by atoms with Crippen LogP contribution in [-0.2, 0) is 25.7 Å². The van der Waals surface area contributed by atoms with Gasteiger partial charge in [-0.2, -0.15) is 0 Å². The lowest BCUT2D eigenvalue weighted by Gasteiger charge is -2.49. The quantitative estimate of drug-likeness (QED) is 0.153. The Labute approximate surface area is 191 Å². The van der Waals surface area contributed by atoms with Gasteiger partial charge >= 0.3 is 11.9 Å². The van der Waals surface area contributed by atoms with E-state index in [2.05, 4.69) is 35.7 Å². The van der Waals surface area contributed by atoms with Crippen LogP contribution in [0.15, 0.2) is 27.1 Å². The molecule has 1 fully saturated rings. The number of fused-ring (bicyclic) bond motifs is 1. The van der Waals surface area contributed by atoms with Crippen LogP contribution in [0.2, 0.25) is 0 Å². The van der Waals surface area contributed by atoms with E-state index in [9.17, 15) is 34.5 Å². The molecule has 0 saturated carbocycles. The number of carbonyl (C=O) groups is 4. The van der Waals surface area contributed by atoms with Crippen molar-refractivity contribution in [3.63, 3.8) is 0 Å². The second-order valence-corrected chi connectivity index (χ2v) is 9.06. The fourth-order valence-corrected chi connectivity index (χ4v) is 5.86. The molecule has 2 aliphatic rings. The third-order valence-electron chi connectivity index (χ3n) is 4.64. The number of nitrogens with zero attached hydrogens (tertiary/aromatic N) is 6. The molecule has 2 unspecified atom stereocenters. The zero-order valence-electron chi connectivity index (χ0n) is 16.3. The molecular weight excluding hydrogens is 484 g/mol. The molecular formula is C15H14N8O8S2. The molecule has 0 bridgehead atoms. The van der Waals surface area contributed by atoms with Crippen molar-refractivity contribution in [3.8, 4) is 5.95 Å². The molecule has 2 amide bonds. The number of aromatic nitrogens is 6. The fraction of sp³-hybridized carbons (Fsp3) is 0.400. The van der Waals surface area contributed by atoms with Gasteiger partial charge in [0.15, 0.2) is 0 Å². The van der Waals surface area contributed by atoms with E-state index in [0.29, 0.717) is 0 Å². The van der Waals surface area contributed by atoms with E-state index in [1.54, 1.807) is 0 Å². The second kappa shape index (κ2) is 9.06. The number of amides is 2. The highest BCUT2D eigenvalue weighted by Gasteiger charge is 2.55. The van der Waals surface area contributed by atoms with E-state index in [1.807, 2.05) is 0 Å². The summed E-state index contributed by atoms with van der Waals surface area (Å²) >= 11 is 2.12. The molecule has 1 saturated heterocycles. The Morgan fingerprint density at radius 3 is 2.85 bits per heavy atom. The van der Waals surface area contributed by atoms with Gasteiger partial charge < -0.3 is 25.2 Å². The maximum atomic E-state index is 12.8. The number of aromatic amines is 1. The number of aliphatic carboxylic acids is 2. The molecule has 18 heteroatoms. The van der Waals surface area contributed by atoms with Crippen LogP contribution in [0.1, 0.15) is 6.42 Å². The summed E-state index contributed by atoms with van der Waals surface area (Å²) in [5.74, 6) is -4.50. The van der Waals surface area contributed by atoms with Crippen molar-refractivity contribution in [2.24, 2.45) is 0 Å². The van der Waals surface area contributed by atoms with E-state index in [1.165, 1.54) is 11.8 Å². The molecule has 0 radical (unpaired) electrons. The third kappa shape index (κ3) is 4.60. The second-order valence-electron chi connectivity index (χ2n) is 6.76. The fourth-order valence-electron chi connectivity index (χ4n) is 3.32. The van der Waals surface area contributed by atoms with Gasteiger partial charge in [0.1, 0.15) is 23.1 Å². The van der Waals surface area contributed by atoms with Gasteiger partial charge in [0.25, 0.3) is 18.4 Å². The number of thioether (sulfide) groups is 2. The molecule has 0 aliphatic carbocycles. The summed E-state index contributed by atoms with van der Waals surface area (Å²) in [7, 11) is 0. The average molecular weight is 498 g/mol. The molecule has 0 spiro atoms. The third-order valence-corrected chi connectivity index (χ3v) is 7.08. The van der Waals surface area contributed by atoms with E-state index in [0.717, 1.165) is 27.5 Å².